The lowest BCUT2D eigenvalue weighted by atomic mass is 10.1. The highest BCUT2D eigenvalue weighted by molar-refractivity contribution is 6.10. The van der Waals surface area contributed by atoms with Crippen LogP contribution in [-0.2, 0) is 14.3 Å². The Bertz CT molecular complexity index is 990. The van der Waals surface area contributed by atoms with Gasteiger partial charge in [-0.15, -0.1) is 0 Å². The third-order valence-electron chi connectivity index (χ3n) is 5.56. The summed E-state index contributed by atoms with van der Waals surface area (Å²) in [6, 6.07) is 6.36. The molecule has 0 radical (unpaired) electrons. The van der Waals surface area contributed by atoms with Crippen LogP contribution in [0.1, 0.15) is 20.3 Å². The first-order valence-electron chi connectivity index (χ1n) is 10.1. The fraction of sp³-hybridized carbons (Fsp3) is 0.429. The molecule has 1 aromatic carbocycles. The number of rotatable bonds is 6. The SMILES string of the molecule is CCOC(=O)CCN1C(=O)C2C(N=C3N(c4ccccc4OC)C(C)=CN32)N(C)C1=O. The molecular formula is C21H25N5O5. The van der Waals surface area contributed by atoms with Gasteiger partial charge in [0.2, 0.25) is 5.96 Å². The van der Waals surface area contributed by atoms with Crippen molar-refractivity contribution in [2.75, 3.05) is 32.2 Å². The zero-order valence-electron chi connectivity index (χ0n) is 17.9. The smallest absolute Gasteiger partial charge is 0.328 e. The molecule has 2 unspecified atom stereocenters. The standard InChI is InChI=1S/C21H25N5O5/c1-5-31-16(27)10-11-24-19(28)17-18(23(3)21(24)29)22-20-25(17)12-13(2)26(20)14-8-6-7-9-15(14)30-4/h6-9,12,17-18H,5,10-11H2,1-4H3. The summed E-state index contributed by atoms with van der Waals surface area (Å²) in [5.41, 5.74) is 1.66. The highest BCUT2D eigenvalue weighted by atomic mass is 16.5. The van der Waals surface area contributed by atoms with Gasteiger partial charge in [-0.3, -0.25) is 19.4 Å². The van der Waals surface area contributed by atoms with Crippen molar-refractivity contribution in [3.8, 4) is 5.75 Å². The first kappa shape index (κ1) is 20.7. The molecule has 4 rings (SSSR count). The predicted octanol–water partition coefficient (Wildman–Crippen LogP) is 1.59. The van der Waals surface area contributed by atoms with Crippen LogP contribution in [0.5, 0.6) is 5.75 Å². The summed E-state index contributed by atoms with van der Waals surface area (Å²) in [6.07, 6.45) is 1.14. The molecule has 3 aliphatic rings. The number of carbonyl (C=O) groups is 3. The zero-order valence-corrected chi connectivity index (χ0v) is 17.9. The van der Waals surface area contributed by atoms with Gasteiger partial charge in [0, 0.05) is 25.5 Å². The Hall–Kier alpha value is -3.56. The third-order valence-corrected chi connectivity index (χ3v) is 5.56. The Morgan fingerprint density at radius 1 is 1.23 bits per heavy atom. The van der Waals surface area contributed by atoms with Gasteiger partial charge in [-0.2, -0.15) is 0 Å². The van der Waals surface area contributed by atoms with Crippen molar-refractivity contribution < 1.29 is 23.9 Å². The maximum Gasteiger partial charge on any atom is 0.328 e. The largest absolute Gasteiger partial charge is 0.495 e. The molecule has 1 aromatic rings. The van der Waals surface area contributed by atoms with E-state index in [0.29, 0.717) is 11.7 Å². The van der Waals surface area contributed by atoms with Crippen LogP contribution in [0.3, 0.4) is 0 Å². The number of anilines is 1. The second kappa shape index (κ2) is 7.93. The second-order valence-corrected chi connectivity index (χ2v) is 7.41. The Morgan fingerprint density at radius 2 is 1.97 bits per heavy atom. The molecule has 164 valence electrons. The van der Waals surface area contributed by atoms with Gasteiger partial charge in [0.25, 0.3) is 5.91 Å². The number of carbonyl (C=O) groups excluding carboxylic acids is 3. The van der Waals surface area contributed by atoms with Crippen molar-refractivity contribution in [3.63, 3.8) is 0 Å². The van der Waals surface area contributed by atoms with Crippen LogP contribution < -0.4 is 9.64 Å². The van der Waals surface area contributed by atoms with Crippen molar-refractivity contribution in [3.05, 3.63) is 36.2 Å². The number of methoxy groups -OCH3 is 1. The number of allylic oxidation sites excluding steroid dienone is 1. The summed E-state index contributed by atoms with van der Waals surface area (Å²) in [6.45, 7) is 3.84. The minimum Gasteiger partial charge on any atom is -0.495 e. The highest BCUT2D eigenvalue weighted by Gasteiger charge is 2.54. The van der Waals surface area contributed by atoms with E-state index < -0.39 is 24.2 Å². The van der Waals surface area contributed by atoms with E-state index in [-0.39, 0.29) is 25.5 Å². The van der Waals surface area contributed by atoms with E-state index in [1.807, 2.05) is 42.3 Å². The Labute approximate surface area is 180 Å². The number of ether oxygens (including phenoxy) is 2. The average Bonchev–Trinajstić information content (AvgIpc) is 3.26. The number of fused-ring (bicyclic) bond motifs is 3. The number of imide groups is 1. The monoisotopic (exact) mass is 427 g/mol. The number of aliphatic imine (C=N–C) groups is 1. The number of esters is 1. The molecule has 0 spiro atoms. The molecule has 0 saturated carbocycles. The van der Waals surface area contributed by atoms with Gasteiger partial charge in [-0.1, -0.05) is 12.1 Å². The molecule has 3 amide bonds. The number of urea groups is 1. The first-order chi connectivity index (χ1) is 14.9. The Balaban J connectivity index is 1.63. The van der Waals surface area contributed by atoms with E-state index in [1.54, 1.807) is 26.0 Å². The van der Waals surface area contributed by atoms with Crippen molar-refractivity contribution in [2.45, 2.75) is 32.5 Å². The van der Waals surface area contributed by atoms with Crippen LogP contribution in [0.2, 0.25) is 0 Å². The lowest BCUT2D eigenvalue weighted by Crippen LogP contribution is -2.64. The van der Waals surface area contributed by atoms with E-state index in [4.69, 9.17) is 14.5 Å². The number of guanidine groups is 1. The van der Waals surface area contributed by atoms with Gasteiger partial charge >= 0.3 is 12.0 Å². The molecule has 31 heavy (non-hydrogen) atoms. The van der Waals surface area contributed by atoms with Gasteiger partial charge in [0.1, 0.15) is 5.75 Å². The van der Waals surface area contributed by atoms with Crippen LogP contribution in [0, 0.1) is 0 Å². The average molecular weight is 427 g/mol. The third kappa shape index (κ3) is 3.28. The summed E-state index contributed by atoms with van der Waals surface area (Å²) < 4.78 is 10.4. The maximum absolute atomic E-state index is 13.3. The fourth-order valence-corrected chi connectivity index (χ4v) is 4.11. The zero-order chi connectivity index (χ0) is 22.3. The summed E-state index contributed by atoms with van der Waals surface area (Å²) in [5.74, 6) is 0.385. The van der Waals surface area contributed by atoms with E-state index >= 15 is 0 Å². The lowest BCUT2D eigenvalue weighted by molar-refractivity contribution is -0.144. The molecular weight excluding hydrogens is 402 g/mol. The number of benzene rings is 1. The molecule has 10 heteroatoms. The van der Waals surface area contributed by atoms with Crippen LogP contribution in [0.15, 0.2) is 41.2 Å². The topological polar surface area (TPSA) is 95.0 Å². The Kier molecular flexibility index (Phi) is 5.30. The van der Waals surface area contributed by atoms with Crippen molar-refractivity contribution in [2.24, 2.45) is 4.99 Å². The van der Waals surface area contributed by atoms with E-state index in [1.165, 1.54) is 4.90 Å². The number of para-hydroxylation sites is 2. The molecule has 0 bridgehead atoms. The van der Waals surface area contributed by atoms with E-state index in [2.05, 4.69) is 0 Å². The molecule has 0 aromatic heterocycles. The second-order valence-electron chi connectivity index (χ2n) is 7.41. The summed E-state index contributed by atoms with van der Waals surface area (Å²) in [4.78, 5) is 48.8. The quantitative estimate of drug-likeness (QED) is 0.636. The van der Waals surface area contributed by atoms with Crippen molar-refractivity contribution >= 4 is 29.6 Å². The van der Waals surface area contributed by atoms with Crippen LogP contribution in [0.4, 0.5) is 10.5 Å². The first-order valence-corrected chi connectivity index (χ1v) is 10.1. The number of nitrogens with zero attached hydrogens (tertiary/aromatic N) is 5. The lowest BCUT2D eigenvalue weighted by Gasteiger charge is -2.40. The highest BCUT2D eigenvalue weighted by Crippen LogP contribution is 2.39. The number of likely N-dealkylation sites (N-methyl/N-ethyl adjacent to an activating group) is 1. The Morgan fingerprint density at radius 3 is 2.68 bits per heavy atom. The number of hydrogen-bond donors (Lipinski definition) is 0. The van der Waals surface area contributed by atoms with Crippen LogP contribution in [0.25, 0.3) is 0 Å². The summed E-state index contributed by atoms with van der Waals surface area (Å²) in [7, 11) is 3.21. The van der Waals surface area contributed by atoms with Gasteiger partial charge in [0.05, 0.1) is 25.8 Å². The van der Waals surface area contributed by atoms with Gasteiger partial charge < -0.3 is 19.3 Å². The molecule has 0 N–H and O–H groups in total. The predicted molar refractivity (Wildman–Crippen MR) is 112 cm³/mol. The minimum atomic E-state index is -0.699. The summed E-state index contributed by atoms with van der Waals surface area (Å²) in [5, 5.41) is 0. The van der Waals surface area contributed by atoms with E-state index in [0.717, 1.165) is 16.3 Å². The van der Waals surface area contributed by atoms with Crippen molar-refractivity contribution in [1.29, 1.82) is 0 Å². The molecule has 1 fully saturated rings. The minimum absolute atomic E-state index is 0.0356. The molecule has 3 heterocycles. The molecule has 3 aliphatic heterocycles. The van der Waals surface area contributed by atoms with E-state index in [9.17, 15) is 14.4 Å². The van der Waals surface area contributed by atoms with Gasteiger partial charge in [-0.25, -0.2) is 9.79 Å². The number of amides is 3. The van der Waals surface area contributed by atoms with Crippen LogP contribution >= 0.6 is 0 Å². The summed E-state index contributed by atoms with van der Waals surface area (Å²) >= 11 is 0. The molecule has 10 nitrogen and oxygen atoms in total. The molecule has 2 atom stereocenters. The van der Waals surface area contributed by atoms with Crippen molar-refractivity contribution in [1.82, 2.24) is 14.7 Å². The molecule has 1 saturated heterocycles. The number of hydrogen-bond acceptors (Lipinski definition) is 8. The van der Waals surface area contributed by atoms with Gasteiger partial charge in [-0.05, 0) is 26.0 Å². The van der Waals surface area contributed by atoms with Gasteiger partial charge in [0.15, 0.2) is 12.2 Å². The normalized spacial score (nSPS) is 22.3. The van der Waals surface area contributed by atoms with Crippen LogP contribution in [-0.4, -0.2) is 78.1 Å². The maximum atomic E-state index is 13.3. The molecule has 0 aliphatic carbocycles. The fourth-order valence-electron chi connectivity index (χ4n) is 4.11.